The van der Waals surface area contributed by atoms with Crippen molar-refractivity contribution in [3.8, 4) is 0 Å². The Morgan fingerprint density at radius 2 is 2.33 bits per heavy atom. The molecule has 0 aliphatic carbocycles. The van der Waals surface area contributed by atoms with Gasteiger partial charge in [-0.05, 0) is 24.9 Å². The Hall–Kier alpha value is -0.340. The van der Waals surface area contributed by atoms with Crippen molar-refractivity contribution in [1.82, 2.24) is 0 Å². The van der Waals surface area contributed by atoms with Crippen molar-refractivity contribution >= 4 is 33.7 Å². The number of hydrogen-bond acceptors (Lipinski definition) is 2. The lowest BCUT2D eigenvalue weighted by Gasteiger charge is -2.25. The summed E-state index contributed by atoms with van der Waals surface area (Å²) in [7, 11) is 0. The van der Waals surface area contributed by atoms with Crippen molar-refractivity contribution in [3.05, 3.63) is 12.7 Å². The lowest BCUT2D eigenvalue weighted by atomic mass is 9.94. The molecule has 1 aliphatic rings. The minimum absolute atomic E-state index is 0.232. The summed E-state index contributed by atoms with van der Waals surface area (Å²) < 4.78 is 0. The molecular formula is C8H10Cl2N2. The second kappa shape index (κ2) is 3.58. The van der Waals surface area contributed by atoms with Gasteiger partial charge in [0.05, 0.1) is 5.54 Å². The minimum atomic E-state index is -0.252. The van der Waals surface area contributed by atoms with Gasteiger partial charge in [-0.3, -0.25) is 0 Å². The van der Waals surface area contributed by atoms with Gasteiger partial charge in [0.1, 0.15) is 5.17 Å². The van der Waals surface area contributed by atoms with Crippen LogP contribution in [-0.4, -0.2) is 16.0 Å². The zero-order chi connectivity index (χ0) is 9.19. The standard InChI is InChI=1S/C8H10Cl2N2/c1-3-4-8(2)5-6(9)11-7(10)12-8/h3H,1,4-5H2,2H3. The smallest absolute Gasteiger partial charge is 0.219 e. The highest BCUT2D eigenvalue weighted by molar-refractivity contribution is 6.72. The average Bonchev–Trinajstić information content (AvgIpc) is 1.82. The highest BCUT2D eigenvalue weighted by Gasteiger charge is 2.27. The molecule has 0 spiro atoms. The molecule has 0 saturated carbocycles. The molecule has 0 N–H and O–H groups in total. The third-order valence-corrected chi connectivity index (χ3v) is 2.07. The van der Waals surface area contributed by atoms with Gasteiger partial charge >= 0.3 is 0 Å². The molecule has 0 aromatic heterocycles. The molecule has 1 atom stereocenters. The van der Waals surface area contributed by atoms with Crippen LogP contribution in [0.4, 0.5) is 0 Å². The van der Waals surface area contributed by atoms with Crippen molar-refractivity contribution in [2.24, 2.45) is 9.98 Å². The summed E-state index contributed by atoms with van der Waals surface area (Å²) >= 11 is 11.5. The summed E-state index contributed by atoms with van der Waals surface area (Å²) in [6, 6.07) is 0. The summed E-state index contributed by atoms with van der Waals surface area (Å²) in [6.07, 6.45) is 3.20. The fourth-order valence-electron chi connectivity index (χ4n) is 1.17. The lowest BCUT2D eigenvalue weighted by Crippen LogP contribution is -2.27. The first-order valence-corrected chi connectivity index (χ1v) is 4.41. The molecule has 4 heteroatoms. The van der Waals surface area contributed by atoms with E-state index in [9.17, 15) is 0 Å². The van der Waals surface area contributed by atoms with E-state index in [2.05, 4.69) is 16.6 Å². The molecule has 1 heterocycles. The van der Waals surface area contributed by atoms with Crippen LogP contribution in [0.2, 0.25) is 0 Å². The Morgan fingerprint density at radius 1 is 1.67 bits per heavy atom. The molecule has 0 radical (unpaired) electrons. The Kier molecular flexibility index (Phi) is 2.91. The van der Waals surface area contributed by atoms with Gasteiger partial charge in [-0.25, -0.2) is 9.98 Å². The lowest BCUT2D eigenvalue weighted by molar-refractivity contribution is 0.497. The molecule has 1 aliphatic heterocycles. The van der Waals surface area contributed by atoms with E-state index < -0.39 is 0 Å². The van der Waals surface area contributed by atoms with E-state index in [4.69, 9.17) is 23.2 Å². The second-order valence-corrected chi connectivity index (χ2v) is 3.81. The zero-order valence-electron chi connectivity index (χ0n) is 6.85. The summed E-state index contributed by atoms with van der Waals surface area (Å²) in [4.78, 5) is 8.02. The van der Waals surface area contributed by atoms with Crippen LogP contribution in [0.25, 0.3) is 0 Å². The van der Waals surface area contributed by atoms with Crippen LogP contribution in [0, 0.1) is 0 Å². The van der Waals surface area contributed by atoms with Gasteiger partial charge in [-0.2, -0.15) is 0 Å². The van der Waals surface area contributed by atoms with Crippen molar-refractivity contribution < 1.29 is 0 Å². The highest BCUT2D eigenvalue weighted by Crippen LogP contribution is 2.26. The van der Waals surface area contributed by atoms with E-state index in [-0.39, 0.29) is 10.8 Å². The molecule has 66 valence electrons. The molecule has 1 rings (SSSR count). The maximum Gasteiger partial charge on any atom is 0.219 e. The molecule has 2 nitrogen and oxygen atoms in total. The van der Waals surface area contributed by atoms with E-state index in [0.29, 0.717) is 11.6 Å². The molecular weight excluding hydrogens is 195 g/mol. The predicted molar refractivity (Wildman–Crippen MR) is 54.4 cm³/mol. The normalized spacial score (nSPS) is 29.2. The van der Waals surface area contributed by atoms with Crippen molar-refractivity contribution in [1.29, 1.82) is 0 Å². The fourth-order valence-corrected chi connectivity index (χ4v) is 1.89. The SMILES string of the molecule is C=CCC1(C)CC(Cl)=NC(Cl)=N1. The van der Waals surface area contributed by atoms with E-state index >= 15 is 0 Å². The molecule has 0 aromatic rings. The molecule has 12 heavy (non-hydrogen) atoms. The van der Waals surface area contributed by atoms with Gasteiger partial charge in [0.15, 0.2) is 0 Å². The van der Waals surface area contributed by atoms with Crippen LogP contribution in [0.15, 0.2) is 22.6 Å². The van der Waals surface area contributed by atoms with Crippen molar-refractivity contribution in [2.45, 2.75) is 25.3 Å². The van der Waals surface area contributed by atoms with E-state index in [1.54, 1.807) is 0 Å². The quantitative estimate of drug-likeness (QED) is 0.489. The first-order chi connectivity index (χ1) is 5.56. The van der Waals surface area contributed by atoms with Crippen LogP contribution >= 0.6 is 23.2 Å². The predicted octanol–water partition coefficient (Wildman–Crippen LogP) is 2.96. The Bertz CT molecular complexity index is 258. The molecule has 0 fully saturated rings. The van der Waals surface area contributed by atoms with Gasteiger partial charge in [0.25, 0.3) is 0 Å². The number of aliphatic imine (C=N–C) groups is 2. The third kappa shape index (κ3) is 2.32. The van der Waals surface area contributed by atoms with Gasteiger partial charge in [0.2, 0.25) is 5.29 Å². The van der Waals surface area contributed by atoms with Gasteiger partial charge in [-0.1, -0.05) is 17.7 Å². The van der Waals surface area contributed by atoms with Gasteiger partial charge in [-0.15, -0.1) is 6.58 Å². The van der Waals surface area contributed by atoms with E-state index in [1.807, 2.05) is 13.0 Å². The summed E-state index contributed by atoms with van der Waals surface area (Å²) in [5, 5.41) is 0.745. The molecule has 0 bridgehead atoms. The Morgan fingerprint density at radius 3 is 2.83 bits per heavy atom. The summed E-state index contributed by atoms with van der Waals surface area (Å²) in [6.45, 7) is 5.64. The monoisotopic (exact) mass is 204 g/mol. The van der Waals surface area contributed by atoms with Gasteiger partial charge < -0.3 is 0 Å². The first kappa shape index (κ1) is 9.75. The Balaban J connectivity index is 2.84. The third-order valence-electron chi connectivity index (χ3n) is 1.69. The largest absolute Gasteiger partial charge is 0.249 e. The first-order valence-electron chi connectivity index (χ1n) is 3.65. The molecule has 0 aromatic carbocycles. The van der Waals surface area contributed by atoms with Crippen LogP contribution in [0.3, 0.4) is 0 Å². The number of halogens is 2. The molecule has 1 unspecified atom stereocenters. The van der Waals surface area contributed by atoms with Crippen LogP contribution < -0.4 is 0 Å². The average molecular weight is 205 g/mol. The number of amidine groups is 1. The van der Waals surface area contributed by atoms with Crippen molar-refractivity contribution in [2.75, 3.05) is 0 Å². The fraction of sp³-hybridized carbons (Fsp3) is 0.500. The minimum Gasteiger partial charge on any atom is -0.249 e. The highest BCUT2D eigenvalue weighted by atomic mass is 35.5. The number of rotatable bonds is 2. The van der Waals surface area contributed by atoms with E-state index in [0.717, 1.165) is 6.42 Å². The Labute approximate surface area is 82.0 Å². The van der Waals surface area contributed by atoms with Crippen molar-refractivity contribution in [3.63, 3.8) is 0 Å². The van der Waals surface area contributed by atoms with Crippen LogP contribution in [0.1, 0.15) is 19.8 Å². The second-order valence-electron chi connectivity index (χ2n) is 3.04. The maximum absolute atomic E-state index is 5.78. The zero-order valence-corrected chi connectivity index (χ0v) is 8.36. The summed E-state index contributed by atoms with van der Waals surface area (Å²) in [5.41, 5.74) is -0.252. The molecule has 0 amide bonds. The maximum atomic E-state index is 5.78. The van der Waals surface area contributed by atoms with Gasteiger partial charge in [0, 0.05) is 6.42 Å². The summed E-state index contributed by atoms with van der Waals surface area (Å²) in [5.74, 6) is 0. The van der Waals surface area contributed by atoms with E-state index in [1.165, 1.54) is 0 Å². The molecule has 0 saturated heterocycles. The number of hydrogen-bond donors (Lipinski definition) is 0. The van der Waals surface area contributed by atoms with Crippen LogP contribution in [-0.2, 0) is 0 Å². The number of nitrogens with zero attached hydrogens (tertiary/aromatic N) is 2. The topological polar surface area (TPSA) is 24.7 Å². The van der Waals surface area contributed by atoms with Crippen LogP contribution in [0.5, 0.6) is 0 Å².